The SMILES string of the molecule is CCCCCC(=O)NCC(=O)NCCOC1OCCCC1O. The number of ether oxygens (including phenoxy) is 2. The van der Waals surface area contributed by atoms with Crippen molar-refractivity contribution in [1.82, 2.24) is 10.6 Å². The summed E-state index contributed by atoms with van der Waals surface area (Å²) in [7, 11) is 0. The summed E-state index contributed by atoms with van der Waals surface area (Å²) in [6.07, 6.45) is 3.68. The first-order valence-corrected chi connectivity index (χ1v) is 8.08. The molecule has 0 radical (unpaired) electrons. The van der Waals surface area contributed by atoms with Gasteiger partial charge in [0.25, 0.3) is 0 Å². The van der Waals surface area contributed by atoms with Crippen molar-refractivity contribution in [2.24, 2.45) is 0 Å². The molecular formula is C15H28N2O5. The van der Waals surface area contributed by atoms with Gasteiger partial charge < -0.3 is 25.2 Å². The molecule has 1 fully saturated rings. The Morgan fingerprint density at radius 3 is 2.82 bits per heavy atom. The molecule has 7 heteroatoms. The molecule has 0 spiro atoms. The molecule has 1 saturated heterocycles. The third kappa shape index (κ3) is 8.31. The molecule has 0 aromatic rings. The van der Waals surface area contributed by atoms with Gasteiger partial charge in [-0.3, -0.25) is 9.59 Å². The zero-order valence-electron chi connectivity index (χ0n) is 13.3. The van der Waals surface area contributed by atoms with Crippen molar-refractivity contribution in [3.8, 4) is 0 Å². The van der Waals surface area contributed by atoms with Gasteiger partial charge in [0.1, 0.15) is 6.10 Å². The van der Waals surface area contributed by atoms with Gasteiger partial charge in [0.2, 0.25) is 11.8 Å². The Balaban J connectivity index is 2.00. The quantitative estimate of drug-likeness (QED) is 0.504. The minimum atomic E-state index is -0.607. The first kappa shape index (κ1) is 18.9. The maximum atomic E-state index is 11.5. The van der Waals surface area contributed by atoms with E-state index in [-0.39, 0.29) is 25.0 Å². The van der Waals surface area contributed by atoms with Crippen LogP contribution in [0.25, 0.3) is 0 Å². The Kier molecular flexibility index (Phi) is 9.77. The van der Waals surface area contributed by atoms with Crippen LogP contribution in [-0.4, -0.2) is 55.6 Å². The van der Waals surface area contributed by atoms with E-state index in [1.807, 2.05) is 0 Å². The molecule has 1 rings (SSSR count). The van der Waals surface area contributed by atoms with Crippen LogP contribution in [0.4, 0.5) is 0 Å². The minimum absolute atomic E-state index is 0.0203. The number of carbonyl (C=O) groups excluding carboxylic acids is 2. The molecule has 2 atom stereocenters. The Bertz CT molecular complexity index is 338. The fourth-order valence-corrected chi connectivity index (χ4v) is 2.13. The van der Waals surface area contributed by atoms with Crippen LogP contribution in [0.3, 0.4) is 0 Å². The molecule has 22 heavy (non-hydrogen) atoms. The Morgan fingerprint density at radius 2 is 2.09 bits per heavy atom. The summed E-state index contributed by atoms with van der Waals surface area (Å²) in [6.45, 7) is 3.21. The summed E-state index contributed by atoms with van der Waals surface area (Å²) >= 11 is 0. The molecule has 1 aliphatic rings. The topological polar surface area (TPSA) is 96.9 Å². The highest BCUT2D eigenvalue weighted by Crippen LogP contribution is 2.14. The number of carbonyl (C=O) groups is 2. The fraction of sp³-hybridized carbons (Fsp3) is 0.867. The van der Waals surface area contributed by atoms with E-state index < -0.39 is 12.4 Å². The molecule has 0 aromatic carbocycles. The molecule has 128 valence electrons. The number of aliphatic hydroxyl groups excluding tert-OH is 1. The van der Waals surface area contributed by atoms with Crippen LogP contribution in [0.2, 0.25) is 0 Å². The maximum Gasteiger partial charge on any atom is 0.239 e. The van der Waals surface area contributed by atoms with Crippen LogP contribution in [0, 0.1) is 0 Å². The predicted molar refractivity (Wildman–Crippen MR) is 81.1 cm³/mol. The second-order valence-corrected chi connectivity index (χ2v) is 5.40. The Hall–Kier alpha value is -1.18. The molecule has 1 heterocycles. The fourth-order valence-electron chi connectivity index (χ4n) is 2.13. The third-order valence-electron chi connectivity index (χ3n) is 3.40. The van der Waals surface area contributed by atoms with E-state index in [0.29, 0.717) is 26.0 Å². The van der Waals surface area contributed by atoms with Crippen LogP contribution in [0.15, 0.2) is 0 Å². The van der Waals surface area contributed by atoms with Gasteiger partial charge in [-0.05, 0) is 19.3 Å². The molecule has 0 bridgehead atoms. The van der Waals surface area contributed by atoms with Crippen LogP contribution in [-0.2, 0) is 19.1 Å². The second-order valence-electron chi connectivity index (χ2n) is 5.40. The van der Waals surface area contributed by atoms with Crippen molar-refractivity contribution in [3.63, 3.8) is 0 Å². The zero-order chi connectivity index (χ0) is 16.2. The zero-order valence-corrected chi connectivity index (χ0v) is 13.3. The van der Waals surface area contributed by atoms with Gasteiger partial charge in [-0.2, -0.15) is 0 Å². The summed E-state index contributed by atoms with van der Waals surface area (Å²) in [4.78, 5) is 23.0. The van der Waals surface area contributed by atoms with Crippen LogP contribution in [0.1, 0.15) is 45.4 Å². The molecule has 7 nitrogen and oxygen atoms in total. The van der Waals surface area contributed by atoms with E-state index >= 15 is 0 Å². The number of hydrogen-bond acceptors (Lipinski definition) is 5. The van der Waals surface area contributed by atoms with Crippen molar-refractivity contribution in [1.29, 1.82) is 0 Å². The minimum Gasteiger partial charge on any atom is -0.388 e. The predicted octanol–water partition coefficient (Wildman–Crippen LogP) is 0.313. The van der Waals surface area contributed by atoms with Gasteiger partial charge >= 0.3 is 0 Å². The lowest BCUT2D eigenvalue weighted by Gasteiger charge is -2.27. The smallest absolute Gasteiger partial charge is 0.239 e. The van der Waals surface area contributed by atoms with Crippen molar-refractivity contribution in [3.05, 3.63) is 0 Å². The molecule has 3 N–H and O–H groups in total. The first-order chi connectivity index (χ1) is 10.6. The lowest BCUT2D eigenvalue weighted by atomic mass is 10.1. The van der Waals surface area contributed by atoms with E-state index in [9.17, 15) is 14.7 Å². The number of aliphatic hydroxyl groups is 1. The number of nitrogens with one attached hydrogen (secondary N) is 2. The average Bonchev–Trinajstić information content (AvgIpc) is 2.51. The van der Waals surface area contributed by atoms with E-state index in [4.69, 9.17) is 9.47 Å². The van der Waals surface area contributed by atoms with Gasteiger partial charge in [-0.25, -0.2) is 0 Å². The highest BCUT2D eigenvalue weighted by molar-refractivity contribution is 5.84. The number of hydrogen-bond donors (Lipinski definition) is 3. The Morgan fingerprint density at radius 1 is 1.27 bits per heavy atom. The molecule has 2 unspecified atom stereocenters. The van der Waals surface area contributed by atoms with Gasteiger partial charge in [0.05, 0.1) is 13.2 Å². The first-order valence-electron chi connectivity index (χ1n) is 8.08. The maximum absolute atomic E-state index is 11.5. The summed E-state index contributed by atoms with van der Waals surface area (Å²) in [6, 6.07) is 0. The van der Waals surface area contributed by atoms with Crippen LogP contribution < -0.4 is 10.6 Å². The summed E-state index contributed by atoms with van der Waals surface area (Å²) in [5.41, 5.74) is 0. The number of unbranched alkanes of at least 4 members (excludes halogenated alkanes) is 2. The third-order valence-corrected chi connectivity index (χ3v) is 3.40. The average molecular weight is 316 g/mol. The van der Waals surface area contributed by atoms with E-state index in [0.717, 1.165) is 25.7 Å². The molecule has 0 aromatic heterocycles. The van der Waals surface area contributed by atoms with Gasteiger partial charge in [-0.15, -0.1) is 0 Å². The van der Waals surface area contributed by atoms with Crippen LogP contribution in [0.5, 0.6) is 0 Å². The highest BCUT2D eigenvalue weighted by atomic mass is 16.7. The standard InChI is InChI=1S/C15H28N2O5/c1-2-3-4-7-13(19)17-11-14(20)16-8-10-22-15-12(18)6-5-9-21-15/h12,15,18H,2-11H2,1H3,(H,16,20)(H,17,19). The monoisotopic (exact) mass is 316 g/mol. The van der Waals surface area contributed by atoms with E-state index in [1.165, 1.54) is 0 Å². The largest absolute Gasteiger partial charge is 0.388 e. The number of amides is 2. The Labute approximate surface area is 131 Å². The molecule has 2 amide bonds. The molecule has 0 saturated carbocycles. The summed E-state index contributed by atoms with van der Waals surface area (Å²) in [5, 5.41) is 14.9. The summed E-state index contributed by atoms with van der Waals surface area (Å²) in [5.74, 6) is -0.351. The van der Waals surface area contributed by atoms with Crippen molar-refractivity contribution in [2.75, 3.05) is 26.3 Å². The van der Waals surface area contributed by atoms with E-state index in [2.05, 4.69) is 17.6 Å². The number of rotatable bonds is 10. The molecular weight excluding hydrogens is 288 g/mol. The van der Waals surface area contributed by atoms with Crippen molar-refractivity contribution in [2.45, 2.75) is 57.8 Å². The van der Waals surface area contributed by atoms with E-state index in [1.54, 1.807) is 0 Å². The normalized spacial score (nSPS) is 21.4. The second kappa shape index (κ2) is 11.4. The molecule has 1 aliphatic heterocycles. The highest BCUT2D eigenvalue weighted by Gasteiger charge is 2.24. The van der Waals surface area contributed by atoms with Crippen molar-refractivity contribution < 1.29 is 24.2 Å². The van der Waals surface area contributed by atoms with Gasteiger partial charge in [0.15, 0.2) is 6.29 Å². The molecule has 0 aliphatic carbocycles. The lowest BCUT2D eigenvalue weighted by Crippen LogP contribution is -2.40. The van der Waals surface area contributed by atoms with Gasteiger partial charge in [-0.1, -0.05) is 19.8 Å². The van der Waals surface area contributed by atoms with Crippen molar-refractivity contribution >= 4 is 11.8 Å². The lowest BCUT2D eigenvalue weighted by molar-refractivity contribution is -0.213. The summed E-state index contributed by atoms with van der Waals surface area (Å²) < 4.78 is 10.6. The van der Waals surface area contributed by atoms with Crippen LogP contribution >= 0.6 is 0 Å². The van der Waals surface area contributed by atoms with Gasteiger partial charge in [0, 0.05) is 19.6 Å².